The number of halogens is 3. The summed E-state index contributed by atoms with van der Waals surface area (Å²) in [6, 6.07) is 19.5. The van der Waals surface area contributed by atoms with Crippen LogP contribution in [-0.4, -0.2) is 37.0 Å². The molecule has 4 rings (SSSR count). The van der Waals surface area contributed by atoms with E-state index in [-0.39, 0.29) is 30.9 Å². The number of amides is 3. The fourth-order valence-corrected chi connectivity index (χ4v) is 4.71. The second kappa shape index (κ2) is 11.6. The van der Waals surface area contributed by atoms with Crippen LogP contribution < -0.4 is 15.4 Å². The second-order valence-corrected chi connectivity index (χ2v) is 9.53. The lowest BCUT2D eigenvalue weighted by Gasteiger charge is -2.37. The topological polar surface area (TPSA) is 70.7 Å². The van der Waals surface area contributed by atoms with Gasteiger partial charge in [-0.1, -0.05) is 48.0 Å². The van der Waals surface area contributed by atoms with Gasteiger partial charge < -0.3 is 20.3 Å². The molecule has 38 heavy (non-hydrogen) atoms. The number of alkyl halides is 3. The fraction of sp³-hybridized carbons (Fsp3) is 0.310. The highest BCUT2D eigenvalue weighted by Gasteiger charge is 2.35. The molecular weight excluding hydrogens is 495 g/mol. The number of ether oxygens (including phenoxy) is 1. The van der Waals surface area contributed by atoms with Crippen molar-refractivity contribution < 1.29 is 27.5 Å². The number of urea groups is 1. The molecule has 2 atom stereocenters. The lowest BCUT2D eigenvalue weighted by molar-refractivity contribution is -0.137. The van der Waals surface area contributed by atoms with E-state index in [2.05, 4.69) is 10.6 Å². The van der Waals surface area contributed by atoms with Gasteiger partial charge in [-0.05, 0) is 48.7 Å². The largest absolute Gasteiger partial charge is 0.497 e. The standard InChI is InChI=1S/C29H30F3N3O3/c1-19-6-3-8-21(12-19)22-14-23(27(36)33-16-20-7-4-9-24(13-20)29(30,31)32)18-35(17-22)28(37)34-25-10-5-11-26(15-25)38-2/h3-13,15,22-23H,14,16-18H2,1-2H3,(H,33,36)(H,34,37)/t22-,23-/m0/s1. The van der Waals surface area contributed by atoms with E-state index in [9.17, 15) is 22.8 Å². The van der Waals surface area contributed by atoms with Gasteiger partial charge in [0.05, 0.1) is 18.6 Å². The van der Waals surface area contributed by atoms with Gasteiger partial charge in [-0.3, -0.25) is 4.79 Å². The minimum atomic E-state index is -4.46. The van der Waals surface area contributed by atoms with Crippen molar-refractivity contribution in [2.75, 3.05) is 25.5 Å². The molecule has 2 N–H and O–H groups in total. The van der Waals surface area contributed by atoms with E-state index >= 15 is 0 Å². The average molecular weight is 526 g/mol. The van der Waals surface area contributed by atoms with Crippen molar-refractivity contribution in [1.29, 1.82) is 0 Å². The maximum atomic E-state index is 13.2. The molecular formula is C29H30F3N3O3. The molecule has 9 heteroatoms. The lowest BCUT2D eigenvalue weighted by atomic mass is 9.83. The number of aryl methyl sites for hydroxylation is 1. The number of hydrogen-bond donors (Lipinski definition) is 2. The summed E-state index contributed by atoms with van der Waals surface area (Å²) in [4.78, 5) is 28.0. The number of carbonyl (C=O) groups excluding carboxylic acids is 2. The molecule has 0 saturated carbocycles. The van der Waals surface area contributed by atoms with Crippen LogP contribution in [0.25, 0.3) is 0 Å². The van der Waals surface area contributed by atoms with Gasteiger partial charge in [0.1, 0.15) is 5.75 Å². The first-order valence-electron chi connectivity index (χ1n) is 12.3. The Morgan fingerprint density at radius 1 is 1.00 bits per heavy atom. The number of hydrogen-bond acceptors (Lipinski definition) is 3. The molecule has 3 aromatic rings. The van der Waals surface area contributed by atoms with Gasteiger partial charge in [-0.2, -0.15) is 13.2 Å². The molecule has 3 amide bonds. The highest BCUT2D eigenvalue weighted by Crippen LogP contribution is 2.32. The van der Waals surface area contributed by atoms with Crippen LogP contribution in [-0.2, 0) is 17.5 Å². The van der Waals surface area contributed by atoms with Crippen LogP contribution in [0.3, 0.4) is 0 Å². The van der Waals surface area contributed by atoms with Crippen LogP contribution in [0.15, 0.2) is 72.8 Å². The summed E-state index contributed by atoms with van der Waals surface area (Å²) in [7, 11) is 1.54. The van der Waals surface area contributed by atoms with Crippen LogP contribution in [0, 0.1) is 12.8 Å². The molecule has 1 aliphatic rings. The Morgan fingerprint density at radius 2 is 1.76 bits per heavy atom. The van der Waals surface area contributed by atoms with Gasteiger partial charge in [0.25, 0.3) is 0 Å². The smallest absolute Gasteiger partial charge is 0.416 e. The van der Waals surface area contributed by atoms with Crippen LogP contribution in [0.4, 0.5) is 23.7 Å². The first kappa shape index (κ1) is 27.0. The first-order chi connectivity index (χ1) is 18.1. The van der Waals surface area contributed by atoms with Crippen molar-refractivity contribution in [2.45, 2.75) is 32.0 Å². The van der Waals surface area contributed by atoms with Crippen molar-refractivity contribution in [1.82, 2.24) is 10.2 Å². The quantitative estimate of drug-likeness (QED) is 0.416. The Morgan fingerprint density at radius 3 is 2.50 bits per heavy atom. The molecule has 6 nitrogen and oxygen atoms in total. The first-order valence-corrected chi connectivity index (χ1v) is 12.3. The summed E-state index contributed by atoms with van der Waals surface area (Å²) >= 11 is 0. The maximum Gasteiger partial charge on any atom is 0.416 e. The number of piperidine rings is 1. The third-order valence-corrected chi connectivity index (χ3v) is 6.66. The summed E-state index contributed by atoms with van der Waals surface area (Å²) in [6.07, 6.45) is -3.94. The maximum absolute atomic E-state index is 13.2. The van der Waals surface area contributed by atoms with Gasteiger partial charge in [0.15, 0.2) is 0 Å². The number of rotatable bonds is 6. The fourth-order valence-electron chi connectivity index (χ4n) is 4.71. The Kier molecular flexibility index (Phi) is 8.24. The Hall–Kier alpha value is -4.01. The average Bonchev–Trinajstić information content (AvgIpc) is 2.91. The highest BCUT2D eigenvalue weighted by molar-refractivity contribution is 5.90. The predicted octanol–water partition coefficient (Wildman–Crippen LogP) is 5.98. The van der Waals surface area contributed by atoms with E-state index in [1.54, 1.807) is 42.3 Å². The number of carbonyl (C=O) groups is 2. The molecule has 1 heterocycles. The summed E-state index contributed by atoms with van der Waals surface area (Å²) in [5.74, 6) is -0.315. The number of likely N-dealkylation sites (tertiary alicyclic amines) is 1. The van der Waals surface area contributed by atoms with E-state index in [0.717, 1.165) is 23.3 Å². The van der Waals surface area contributed by atoms with Crippen molar-refractivity contribution in [3.63, 3.8) is 0 Å². The number of methoxy groups -OCH3 is 1. The second-order valence-electron chi connectivity index (χ2n) is 9.53. The predicted molar refractivity (Wildman–Crippen MR) is 139 cm³/mol. The van der Waals surface area contributed by atoms with Gasteiger partial charge in [-0.25, -0.2) is 4.79 Å². The van der Waals surface area contributed by atoms with Gasteiger partial charge in [0.2, 0.25) is 5.91 Å². The van der Waals surface area contributed by atoms with Crippen molar-refractivity contribution in [2.24, 2.45) is 5.92 Å². The van der Waals surface area contributed by atoms with Gasteiger partial charge >= 0.3 is 12.2 Å². The van der Waals surface area contributed by atoms with E-state index in [1.807, 2.05) is 31.2 Å². The third-order valence-electron chi connectivity index (χ3n) is 6.66. The molecule has 0 unspecified atom stereocenters. The Bertz CT molecular complexity index is 1300. The molecule has 1 saturated heterocycles. The molecule has 0 spiro atoms. The molecule has 3 aromatic carbocycles. The van der Waals surface area contributed by atoms with E-state index in [1.165, 1.54) is 6.07 Å². The monoisotopic (exact) mass is 525 g/mol. The lowest BCUT2D eigenvalue weighted by Crippen LogP contribution is -2.49. The molecule has 0 aromatic heterocycles. The zero-order valence-electron chi connectivity index (χ0n) is 21.2. The number of nitrogens with one attached hydrogen (secondary N) is 2. The van der Waals surface area contributed by atoms with Gasteiger partial charge in [-0.15, -0.1) is 0 Å². The molecule has 0 aliphatic carbocycles. The Labute approximate surface area is 219 Å². The molecule has 1 aliphatic heterocycles. The number of nitrogens with zero attached hydrogens (tertiary/aromatic N) is 1. The normalized spacial score (nSPS) is 17.6. The molecule has 0 bridgehead atoms. The van der Waals surface area contributed by atoms with Gasteiger partial charge in [0, 0.05) is 37.3 Å². The Balaban J connectivity index is 1.50. The number of anilines is 1. The van der Waals surface area contributed by atoms with Crippen LogP contribution in [0.2, 0.25) is 0 Å². The van der Waals surface area contributed by atoms with Crippen molar-refractivity contribution in [3.8, 4) is 5.75 Å². The summed E-state index contributed by atoms with van der Waals surface area (Å²) in [5.41, 5.74) is 2.26. The van der Waals surface area contributed by atoms with E-state index in [0.29, 0.717) is 30.0 Å². The SMILES string of the molecule is COc1cccc(NC(=O)N2C[C@@H](C(=O)NCc3cccc(C(F)(F)F)c3)C[C@H](c3cccc(C)c3)C2)c1. The zero-order valence-corrected chi connectivity index (χ0v) is 21.2. The van der Waals surface area contributed by atoms with Crippen LogP contribution >= 0.6 is 0 Å². The van der Waals surface area contributed by atoms with E-state index in [4.69, 9.17) is 4.74 Å². The summed E-state index contributed by atoms with van der Waals surface area (Å²) in [5, 5.41) is 5.65. The van der Waals surface area contributed by atoms with Crippen molar-refractivity contribution >= 4 is 17.6 Å². The highest BCUT2D eigenvalue weighted by atomic mass is 19.4. The minimum absolute atomic E-state index is 0.0373. The summed E-state index contributed by atoms with van der Waals surface area (Å²) in [6.45, 7) is 2.56. The third kappa shape index (κ3) is 6.85. The van der Waals surface area contributed by atoms with Crippen LogP contribution in [0.1, 0.15) is 34.6 Å². The molecule has 0 radical (unpaired) electrons. The molecule has 200 valence electrons. The van der Waals surface area contributed by atoms with Crippen LogP contribution in [0.5, 0.6) is 5.75 Å². The van der Waals surface area contributed by atoms with Crippen molar-refractivity contribution in [3.05, 3.63) is 95.1 Å². The number of benzene rings is 3. The zero-order chi connectivity index (χ0) is 27.3. The minimum Gasteiger partial charge on any atom is -0.497 e. The molecule has 1 fully saturated rings. The summed E-state index contributed by atoms with van der Waals surface area (Å²) < 4.78 is 44.4. The van der Waals surface area contributed by atoms with E-state index < -0.39 is 17.7 Å².